The lowest BCUT2D eigenvalue weighted by molar-refractivity contribution is -0.161. The Morgan fingerprint density at radius 2 is 1.11 bits per heavy atom. The summed E-state index contributed by atoms with van der Waals surface area (Å²) in [6.45, 7) is 3.45. The summed E-state index contributed by atoms with van der Waals surface area (Å²) in [5.74, 6) is -0.389. The van der Waals surface area contributed by atoms with Gasteiger partial charge in [-0.15, -0.1) is 0 Å². The molecular weight excluding hydrogens is 754 g/mol. The molecular formula is C39H70O14P2. The van der Waals surface area contributed by atoms with Crippen molar-refractivity contribution in [3.05, 3.63) is 48.6 Å². The van der Waals surface area contributed by atoms with Gasteiger partial charge in [-0.05, 0) is 70.6 Å². The molecule has 0 aliphatic heterocycles. The third-order valence-electron chi connectivity index (χ3n) is 8.27. The fraction of sp³-hybridized carbons (Fsp3) is 0.744. The third-order valence-corrected chi connectivity index (χ3v) is 9.71. The van der Waals surface area contributed by atoms with Crippen LogP contribution in [0.25, 0.3) is 0 Å². The number of carbonyl (C=O) groups is 2. The maximum atomic E-state index is 12.6. The van der Waals surface area contributed by atoms with E-state index in [4.69, 9.17) is 23.8 Å². The first-order valence-corrected chi connectivity index (χ1v) is 22.8. The van der Waals surface area contributed by atoms with Crippen LogP contribution in [0.3, 0.4) is 0 Å². The summed E-state index contributed by atoms with van der Waals surface area (Å²) in [7, 11) is -9.69. The number of hydrogen-bond acceptors (Lipinski definition) is 11. The van der Waals surface area contributed by atoms with Gasteiger partial charge in [0.15, 0.2) is 6.10 Å². The average molecular weight is 825 g/mol. The van der Waals surface area contributed by atoms with Crippen LogP contribution in [0.5, 0.6) is 0 Å². The molecule has 16 heteroatoms. The molecule has 2 unspecified atom stereocenters. The number of aliphatic hydroxyl groups excluding tert-OH is 2. The molecule has 0 aromatic carbocycles. The third kappa shape index (κ3) is 38.7. The van der Waals surface area contributed by atoms with Gasteiger partial charge < -0.3 is 34.4 Å². The van der Waals surface area contributed by atoms with Crippen molar-refractivity contribution in [2.24, 2.45) is 5.92 Å². The van der Waals surface area contributed by atoms with Crippen molar-refractivity contribution in [2.45, 2.75) is 155 Å². The summed E-state index contributed by atoms with van der Waals surface area (Å²) in [5, 5.41) is 19.0. The lowest BCUT2D eigenvalue weighted by Crippen LogP contribution is -2.30. The highest BCUT2D eigenvalue weighted by molar-refractivity contribution is 7.47. The predicted octanol–water partition coefficient (Wildman–Crippen LogP) is 8.33. The zero-order chi connectivity index (χ0) is 41.2. The number of unbranched alkanes of at least 4 members (excludes halogenated alkanes) is 7. The number of esters is 2. The van der Waals surface area contributed by atoms with Crippen LogP contribution in [-0.4, -0.2) is 81.6 Å². The van der Waals surface area contributed by atoms with Crippen LogP contribution in [0.1, 0.15) is 136 Å². The molecule has 0 saturated heterocycles. The number of rotatable bonds is 36. The maximum Gasteiger partial charge on any atom is 0.472 e. The van der Waals surface area contributed by atoms with Gasteiger partial charge in [0.1, 0.15) is 12.7 Å². The molecule has 5 atom stereocenters. The molecule has 0 fully saturated rings. The van der Waals surface area contributed by atoms with Gasteiger partial charge >= 0.3 is 27.6 Å². The maximum absolute atomic E-state index is 12.6. The van der Waals surface area contributed by atoms with Crippen molar-refractivity contribution in [1.29, 1.82) is 0 Å². The quantitative estimate of drug-likeness (QED) is 0.0174. The zero-order valence-corrected chi connectivity index (χ0v) is 35.1. The fourth-order valence-electron chi connectivity index (χ4n) is 4.86. The van der Waals surface area contributed by atoms with E-state index in [-0.39, 0.29) is 18.9 Å². The van der Waals surface area contributed by atoms with E-state index in [9.17, 15) is 33.8 Å². The fourth-order valence-corrected chi connectivity index (χ4v) is 6.02. The molecule has 0 rings (SSSR count). The molecule has 0 aliphatic carbocycles. The first kappa shape index (κ1) is 53.0. The summed E-state index contributed by atoms with van der Waals surface area (Å²) in [4.78, 5) is 52.4. The van der Waals surface area contributed by atoms with Crippen molar-refractivity contribution >= 4 is 27.6 Å². The zero-order valence-electron chi connectivity index (χ0n) is 33.3. The first-order valence-electron chi connectivity index (χ1n) is 19.8. The topological polar surface area (TPSA) is 216 Å². The largest absolute Gasteiger partial charge is 0.472 e. The van der Waals surface area contributed by atoms with Crippen molar-refractivity contribution in [1.82, 2.24) is 0 Å². The number of hydrogen-bond donors (Lipinski definition) is 5. The number of ether oxygens (including phenoxy) is 2. The molecule has 0 bridgehead atoms. The standard InChI is InChI=1S/C39H70O14P2/c1-4-34(2)26-22-18-16-17-21-25-29-39(43)53-37(33-52-55(47,48)51-31-36(41)30-50-54(44,45)46)32-49-38(42)28-24-20-15-13-11-9-7-5-6-8-10-12-14-19-23-27-35(3)40/h6-9,12-15,34-37,40-41H,4-5,10-11,16-33H2,1-3H3,(H,47,48)(H2,44,45,46)/b8-6-,9-7-,14-12-,15-13-/t34?,35-,36+,37-/m1/s1. The minimum Gasteiger partial charge on any atom is -0.462 e. The second-order valence-electron chi connectivity index (χ2n) is 13.7. The number of carbonyl (C=O) groups excluding carboxylic acids is 2. The molecule has 5 N–H and O–H groups in total. The van der Waals surface area contributed by atoms with Gasteiger partial charge in [0.05, 0.1) is 25.9 Å². The Labute approximate surface area is 329 Å². The van der Waals surface area contributed by atoms with Crippen LogP contribution in [0.15, 0.2) is 48.6 Å². The van der Waals surface area contributed by atoms with Crippen LogP contribution < -0.4 is 0 Å². The molecule has 0 amide bonds. The minimum atomic E-state index is -4.87. The van der Waals surface area contributed by atoms with Crippen LogP contribution in [0.2, 0.25) is 0 Å². The van der Waals surface area contributed by atoms with Gasteiger partial charge in [0.25, 0.3) is 0 Å². The van der Waals surface area contributed by atoms with Crippen molar-refractivity contribution in [3.8, 4) is 0 Å². The van der Waals surface area contributed by atoms with Gasteiger partial charge in [-0.3, -0.25) is 23.2 Å². The Hall–Kier alpha value is -1.96. The van der Waals surface area contributed by atoms with Crippen molar-refractivity contribution in [2.75, 3.05) is 26.4 Å². The Kier molecular flexibility index (Phi) is 32.9. The van der Waals surface area contributed by atoms with E-state index in [2.05, 4.69) is 59.4 Å². The second-order valence-corrected chi connectivity index (χ2v) is 16.4. The van der Waals surface area contributed by atoms with E-state index in [1.807, 2.05) is 12.2 Å². The highest BCUT2D eigenvalue weighted by Crippen LogP contribution is 2.43. The summed E-state index contributed by atoms with van der Waals surface area (Å²) in [6, 6.07) is 0. The Bertz CT molecular complexity index is 1200. The van der Waals surface area contributed by atoms with Gasteiger partial charge in [-0.2, -0.15) is 0 Å². The molecule has 55 heavy (non-hydrogen) atoms. The normalized spacial score (nSPS) is 15.9. The van der Waals surface area contributed by atoms with Crippen molar-refractivity contribution < 1.29 is 66.7 Å². The van der Waals surface area contributed by atoms with Gasteiger partial charge in [0, 0.05) is 12.8 Å². The lowest BCUT2D eigenvalue weighted by atomic mass is 10.00. The van der Waals surface area contributed by atoms with Gasteiger partial charge in [-0.1, -0.05) is 107 Å². The number of aliphatic hydroxyl groups is 2. The van der Waals surface area contributed by atoms with Crippen LogP contribution >= 0.6 is 15.6 Å². The van der Waals surface area contributed by atoms with E-state index in [0.29, 0.717) is 19.3 Å². The van der Waals surface area contributed by atoms with Gasteiger partial charge in [0.2, 0.25) is 0 Å². The van der Waals surface area contributed by atoms with Crippen molar-refractivity contribution in [3.63, 3.8) is 0 Å². The van der Waals surface area contributed by atoms with E-state index in [1.54, 1.807) is 6.92 Å². The number of allylic oxidation sites excluding steroid dienone is 8. The Morgan fingerprint density at radius 3 is 1.69 bits per heavy atom. The SMILES string of the molecule is CCC(C)CCCCCCCCC(=O)O[C@H](COC(=O)CCC/C=C\C/C=C\C/C=C\C/C=C\CCC[C@@H](C)O)COP(=O)(O)OC[C@@H](O)COP(=O)(O)O. The van der Waals surface area contributed by atoms with E-state index >= 15 is 0 Å². The summed E-state index contributed by atoms with van der Waals surface area (Å²) >= 11 is 0. The molecule has 320 valence electrons. The van der Waals surface area contributed by atoms with E-state index in [1.165, 1.54) is 19.3 Å². The summed E-state index contributed by atoms with van der Waals surface area (Å²) in [5.41, 5.74) is 0. The molecule has 0 aliphatic rings. The summed E-state index contributed by atoms with van der Waals surface area (Å²) in [6.07, 6.45) is 28.5. The first-order chi connectivity index (χ1) is 26.1. The predicted molar refractivity (Wildman–Crippen MR) is 213 cm³/mol. The average Bonchev–Trinajstić information content (AvgIpc) is 3.12. The smallest absolute Gasteiger partial charge is 0.462 e. The highest BCUT2D eigenvalue weighted by atomic mass is 31.2. The Balaban J connectivity index is 4.64. The molecule has 0 aromatic heterocycles. The second kappa shape index (κ2) is 34.1. The number of phosphoric acid groups is 2. The van der Waals surface area contributed by atoms with Gasteiger partial charge in [-0.25, -0.2) is 9.13 Å². The number of phosphoric ester groups is 2. The van der Waals surface area contributed by atoms with Crippen LogP contribution in [0, 0.1) is 5.92 Å². The molecule has 0 heterocycles. The van der Waals surface area contributed by atoms with E-state index in [0.717, 1.165) is 70.1 Å². The summed E-state index contributed by atoms with van der Waals surface area (Å²) < 4.78 is 47.5. The molecule has 0 saturated carbocycles. The monoisotopic (exact) mass is 824 g/mol. The molecule has 14 nitrogen and oxygen atoms in total. The Morgan fingerprint density at radius 1 is 0.600 bits per heavy atom. The molecule has 0 radical (unpaired) electrons. The molecule has 0 aromatic rings. The highest BCUT2D eigenvalue weighted by Gasteiger charge is 2.28. The van der Waals surface area contributed by atoms with E-state index < -0.39 is 66.2 Å². The van der Waals surface area contributed by atoms with Crippen LogP contribution in [-0.2, 0) is 41.8 Å². The molecule has 0 spiro atoms. The van der Waals surface area contributed by atoms with Crippen LogP contribution in [0.4, 0.5) is 0 Å². The lowest BCUT2D eigenvalue weighted by Gasteiger charge is -2.20. The minimum absolute atomic E-state index is 0.106.